The molecule has 0 bridgehead atoms. The molecular formula is C24H22N6O4. The summed E-state index contributed by atoms with van der Waals surface area (Å²) in [6.45, 7) is 2.52. The van der Waals surface area contributed by atoms with Gasteiger partial charge >= 0.3 is 0 Å². The minimum atomic E-state index is -0.609. The fourth-order valence-electron chi connectivity index (χ4n) is 3.51. The molecule has 10 nitrogen and oxygen atoms in total. The minimum Gasteiger partial charge on any atom is -0.375 e. The summed E-state index contributed by atoms with van der Waals surface area (Å²) in [5.74, 6) is -0.446. The van der Waals surface area contributed by atoms with Gasteiger partial charge in [0.15, 0.2) is 0 Å². The van der Waals surface area contributed by atoms with Crippen LogP contribution in [0.25, 0.3) is 10.9 Å². The van der Waals surface area contributed by atoms with Crippen molar-refractivity contribution >= 4 is 34.1 Å². The first-order chi connectivity index (χ1) is 16.5. The van der Waals surface area contributed by atoms with Crippen molar-refractivity contribution in [1.82, 2.24) is 15.0 Å². The summed E-state index contributed by atoms with van der Waals surface area (Å²) in [5, 5.41) is 15.1. The third-order valence-corrected chi connectivity index (χ3v) is 5.25. The Balaban J connectivity index is 1.53. The van der Waals surface area contributed by atoms with Crippen LogP contribution in [0, 0.1) is 10.1 Å². The Morgan fingerprint density at radius 1 is 1.06 bits per heavy atom. The van der Waals surface area contributed by atoms with Crippen LogP contribution in [0.3, 0.4) is 0 Å². The Kier molecular flexibility index (Phi) is 6.49. The summed E-state index contributed by atoms with van der Waals surface area (Å²) in [4.78, 5) is 40.9. The Morgan fingerprint density at radius 3 is 2.53 bits per heavy atom. The van der Waals surface area contributed by atoms with E-state index in [9.17, 15) is 19.7 Å². The number of para-hydroxylation sites is 1. The van der Waals surface area contributed by atoms with Crippen molar-refractivity contribution in [3.8, 4) is 0 Å². The van der Waals surface area contributed by atoms with Crippen LogP contribution in [0.2, 0.25) is 0 Å². The number of benzene rings is 3. The van der Waals surface area contributed by atoms with Crippen molar-refractivity contribution in [3.63, 3.8) is 0 Å². The molecule has 4 aromatic rings. The summed E-state index contributed by atoms with van der Waals surface area (Å²) >= 11 is 0. The second-order valence-electron chi connectivity index (χ2n) is 7.41. The lowest BCUT2D eigenvalue weighted by molar-refractivity contribution is -0.384. The van der Waals surface area contributed by atoms with E-state index in [1.807, 2.05) is 30.3 Å². The molecule has 1 amide bonds. The number of rotatable bonds is 8. The van der Waals surface area contributed by atoms with Crippen molar-refractivity contribution in [2.75, 3.05) is 10.7 Å². The largest absolute Gasteiger partial charge is 0.375 e. The van der Waals surface area contributed by atoms with Gasteiger partial charge in [0.2, 0.25) is 5.95 Å². The number of nitrogens with one attached hydrogen (secondary N) is 3. The number of hydrogen-bond acceptors (Lipinski definition) is 7. The molecule has 3 N–H and O–H groups in total. The maximum absolute atomic E-state index is 12.7. The number of carbonyl (C=O) groups is 1. The number of nitro benzene ring substituents is 1. The third-order valence-electron chi connectivity index (χ3n) is 5.25. The van der Waals surface area contributed by atoms with E-state index in [0.29, 0.717) is 29.7 Å². The van der Waals surface area contributed by atoms with Crippen molar-refractivity contribution in [3.05, 3.63) is 104 Å². The van der Waals surface area contributed by atoms with E-state index >= 15 is 0 Å². The lowest BCUT2D eigenvalue weighted by Crippen LogP contribution is -2.34. The molecule has 0 fully saturated rings. The van der Waals surface area contributed by atoms with Crippen molar-refractivity contribution < 1.29 is 9.72 Å². The first-order valence-corrected chi connectivity index (χ1v) is 10.6. The van der Waals surface area contributed by atoms with Crippen LogP contribution < -0.4 is 21.7 Å². The average molecular weight is 458 g/mol. The Labute approximate surface area is 194 Å². The molecule has 172 valence electrons. The van der Waals surface area contributed by atoms with Crippen LogP contribution in [0.4, 0.5) is 17.3 Å². The molecule has 0 unspecified atom stereocenters. The molecule has 0 aliphatic heterocycles. The number of nitrogens with zero attached hydrogens (tertiary/aromatic N) is 3. The zero-order chi connectivity index (χ0) is 24.1. The van der Waals surface area contributed by atoms with Crippen molar-refractivity contribution in [1.29, 1.82) is 0 Å². The molecule has 1 aromatic heterocycles. The van der Waals surface area contributed by atoms with Gasteiger partial charge in [0.05, 0.1) is 15.8 Å². The van der Waals surface area contributed by atoms with E-state index in [1.54, 1.807) is 31.2 Å². The summed E-state index contributed by atoms with van der Waals surface area (Å²) in [6, 6.07) is 20.6. The standard InChI is InChI=1S/C24H22N6O4/c1-2-29-23(32)18-10-6-7-11-19(18)26-24(29)28-27-22(31)17-12-13-20(21(14-17)30(33)34)25-15-16-8-4-3-5-9-16/h3-14,25H,2,15H2,1H3,(H,26,28)(H,27,31). The molecule has 0 atom stereocenters. The number of hydrogen-bond donors (Lipinski definition) is 3. The van der Waals surface area contributed by atoms with Crippen LogP contribution in [0.1, 0.15) is 22.8 Å². The zero-order valence-electron chi connectivity index (χ0n) is 18.3. The second-order valence-corrected chi connectivity index (χ2v) is 7.41. The SMILES string of the molecule is CCn1c(NNC(=O)c2ccc(NCc3ccccc3)c([N+](=O)[O-])c2)nc2ccccc2c1=O. The van der Waals surface area contributed by atoms with Gasteiger partial charge < -0.3 is 5.32 Å². The molecule has 1 heterocycles. The molecule has 0 aliphatic carbocycles. The maximum Gasteiger partial charge on any atom is 0.293 e. The number of anilines is 2. The molecule has 3 aromatic carbocycles. The fraction of sp³-hybridized carbons (Fsp3) is 0.125. The number of hydrazine groups is 1. The van der Waals surface area contributed by atoms with Gasteiger partial charge in [-0.1, -0.05) is 42.5 Å². The predicted octanol–water partition coefficient (Wildman–Crippen LogP) is 3.69. The molecule has 4 rings (SSSR count). The highest BCUT2D eigenvalue weighted by Gasteiger charge is 2.18. The lowest BCUT2D eigenvalue weighted by atomic mass is 10.1. The number of aromatic nitrogens is 2. The Hall–Kier alpha value is -4.73. The fourth-order valence-corrected chi connectivity index (χ4v) is 3.51. The van der Waals surface area contributed by atoms with Gasteiger partial charge in [0.1, 0.15) is 5.69 Å². The molecule has 10 heteroatoms. The van der Waals surface area contributed by atoms with Gasteiger partial charge in [-0.25, -0.2) is 4.98 Å². The first kappa shape index (κ1) is 22.5. The van der Waals surface area contributed by atoms with E-state index in [0.717, 1.165) is 5.56 Å². The van der Waals surface area contributed by atoms with Gasteiger partial charge in [-0.2, -0.15) is 0 Å². The number of nitro groups is 1. The lowest BCUT2D eigenvalue weighted by Gasteiger charge is -2.14. The molecular weight excluding hydrogens is 436 g/mol. The van der Waals surface area contributed by atoms with Crippen LogP contribution in [0.5, 0.6) is 0 Å². The van der Waals surface area contributed by atoms with E-state index < -0.39 is 10.8 Å². The first-order valence-electron chi connectivity index (χ1n) is 10.6. The quantitative estimate of drug-likeness (QED) is 0.271. The summed E-state index contributed by atoms with van der Waals surface area (Å²) in [6.07, 6.45) is 0. The Bertz CT molecular complexity index is 1420. The molecule has 0 aliphatic rings. The Morgan fingerprint density at radius 2 is 1.79 bits per heavy atom. The average Bonchev–Trinajstić information content (AvgIpc) is 2.86. The highest BCUT2D eigenvalue weighted by molar-refractivity contribution is 5.96. The van der Waals surface area contributed by atoms with Crippen molar-refractivity contribution in [2.24, 2.45) is 0 Å². The number of amides is 1. The molecule has 0 spiro atoms. The zero-order valence-corrected chi connectivity index (χ0v) is 18.3. The van der Waals surface area contributed by atoms with Crippen LogP contribution in [-0.4, -0.2) is 20.4 Å². The number of carbonyl (C=O) groups excluding carboxylic acids is 1. The number of fused-ring (bicyclic) bond motifs is 1. The van der Waals surface area contributed by atoms with Crippen LogP contribution in [-0.2, 0) is 13.1 Å². The molecule has 0 radical (unpaired) electrons. The highest BCUT2D eigenvalue weighted by Crippen LogP contribution is 2.26. The van der Waals surface area contributed by atoms with Crippen molar-refractivity contribution in [2.45, 2.75) is 20.0 Å². The summed E-state index contributed by atoms with van der Waals surface area (Å²) in [7, 11) is 0. The molecule has 0 saturated heterocycles. The van der Waals surface area contributed by atoms with Gasteiger partial charge in [-0.15, -0.1) is 0 Å². The van der Waals surface area contributed by atoms with Crippen LogP contribution in [0.15, 0.2) is 77.6 Å². The van der Waals surface area contributed by atoms with Crippen LogP contribution >= 0.6 is 0 Å². The van der Waals surface area contributed by atoms with Gasteiger partial charge in [0, 0.05) is 24.7 Å². The summed E-state index contributed by atoms with van der Waals surface area (Å²) in [5.41, 5.74) is 6.51. The van der Waals surface area contributed by atoms with E-state index in [2.05, 4.69) is 21.2 Å². The van der Waals surface area contributed by atoms with E-state index in [4.69, 9.17) is 0 Å². The topological polar surface area (TPSA) is 131 Å². The van der Waals surface area contributed by atoms with E-state index in [-0.39, 0.29) is 22.8 Å². The molecule has 34 heavy (non-hydrogen) atoms. The molecule has 0 saturated carbocycles. The predicted molar refractivity (Wildman–Crippen MR) is 130 cm³/mol. The highest BCUT2D eigenvalue weighted by atomic mass is 16.6. The monoisotopic (exact) mass is 458 g/mol. The second kappa shape index (κ2) is 9.82. The minimum absolute atomic E-state index is 0.0793. The van der Waals surface area contributed by atoms with E-state index in [1.165, 1.54) is 22.8 Å². The van der Waals surface area contributed by atoms with Gasteiger partial charge in [-0.05, 0) is 36.8 Å². The normalized spacial score (nSPS) is 10.6. The van der Waals surface area contributed by atoms with Gasteiger partial charge in [0.25, 0.3) is 17.2 Å². The third kappa shape index (κ3) is 4.70. The maximum atomic E-state index is 12.7. The summed E-state index contributed by atoms with van der Waals surface area (Å²) < 4.78 is 1.39. The smallest absolute Gasteiger partial charge is 0.293 e. The van der Waals surface area contributed by atoms with Gasteiger partial charge in [-0.3, -0.25) is 35.1 Å².